The Morgan fingerprint density at radius 1 is 1.54 bits per heavy atom. The van der Waals surface area contributed by atoms with Crippen molar-refractivity contribution in [3.05, 3.63) is 24.4 Å². The number of nitrogens with one attached hydrogen (secondary N) is 3. The Balaban J connectivity index is 2.16. The maximum absolute atomic E-state index is 11.4. The van der Waals surface area contributed by atoms with E-state index in [1.54, 1.807) is 6.20 Å². The van der Waals surface area contributed by atoms with Crippen LogP contribution in [0.25, 0.3) is 0 Å². The normalized spacial score (nSPS) is 23.5. The molecule has 1 amide bonds. The smallest absolute Gasteiger partial charge is 0.274 e. The van der Waals surface area contributed by atoms with Crippen molar-refractivity contribution in [2.75, 3.05) is 4.90 Å². The second-order valence-electron chi connectivity index (χ2n) is 2.87. The van der Waals surface area contributed by atoms with Crippen molar-refractivity contribution >= 4 is 11.7 Å². The second kappa shape index (κ2) is 2.03. The molecule has 0 aromatic carbocycles. The summed E-state index contributed by atoms with van der Waals surface area (Å²) in [6.45, 7) is 0. The first kappa shape index (κ1) is 6.53. The summed E-state index contributed by atoms with van der Waals surface area (Å²) in [5.41, 5.74) is 0.504. The topological polar surface area (TPSA) is 73.1 Å². The molecule has 6 heteroatoms. The van der Waals surface area contributed by atoms with E-state index in [4.69, 9.17) is 0 Å². The molecule has 1 unspecified atom stereocenters. The summed E-state index contributed by atoms with van der Waals surface area (Å²) >= 11 is 0. The Morgan fingerprint density at radius 2 is 2.46 bits per heavy atom. The number of fused-ring (bicyclic) bond motifs is 3. The van der Waals surface area contributed by atoms with Crippen LogP contribution in [0.15, 0.2) is 18.7 Å². The van der Waals surface area contributed by atoms with E-state index < -0.39 is 0 Å². The summed E-state index contributed by atoms with van der Waals surface area (Å²) in [5.74, 6) is 0.528. The lowest BCUT2D eigenvalue weighted by Crippen LogP contribution is -2.54. The molecule has 0 saturated heterocycles. The maximum Gasteiger partial charge on any atom is 0.274 e. The number of anilines is 1. The van der Waals surface area contributed by atoms with Crippen LogP contribution < -0.4 is 15.5 Å². The maximum atomic E-state index is 11.4. The highest BCUT2D eigenvalue weighted by Gasteiger charge is 2.33. The number of hydrogen-bond acceptors (Lipinski definition) is 4. The molecule has 3 heterocycles. The molecule has 0 saturated carbocycles. The van der Waals surface area contributed by atoms with Gasteiger partial charge in [0.15, 0.2) is 12.1 Å². The van der Waals surface area contributed by atoms with Crippen LogP contribution in [-0.4, -0.2) is 22.2 Å². The highest BCUT2D eigenvalue weighted by atomic mass is 16.2. The van der Waals surface area contributed by atoms with E-state index >= 15 is 0 Å². The Kier molecular flexibility index (Phi) is 1.02. The largest absolute Gasteiger partial charge is 0.353 e. The molecule has 1 aromatic heterocycles. The minimum Gasteiger partial charge on any atom is -0.353 e. The number of amides is 1. The van der Waals surface area contributed by atoms with Crippen molar-refractivity contribution in [3.63, 3.8) is 0 Å². The van der Waals surface area contributed by atoms with E-state index in [0.717, 1.165) is 0 Å². The van der Waals surface area contributed by atoms with Gasteiger partial charge >= 0.3 is 0 Å². The Hall–Kier alpha value is -1.98. The summed E-state index contributed by atoms with van der Waals surface area (Å²) in [6, 6.07) is 0. The molecular formula is C7H7N5O. The third kappa shape index (κ3) is 0.715. The Labute approximate surface area is 73.6 Å². The number of carbonyl (C=O) groups is 1. The lowest BCUT2D eigenvalue weighted by Gasteiger charge is -2.28. The summed E-state index contributed by atoms with van der Waals surface area (Å²) in [5, 5.41) is 5.74. The molecule has 3 rings (SSSR count). The molecule has 1 aromatic rings. The molecule has 2 aliphatic heterocycles. The summed E-state index contributed by atoms with van der Waals surface area (Å²) < 4.78 is 0. The zero-order valence-corrected chi connectivity index (χ0v) is 6.61. The molecule has 0 spiro atoms. The number of aromatic amines is 1. The lowest BCUT2D eigenvalue weighted by atomic mass is 10.3. The predicted octanol–water partition coefficient (Wildman–Crippen LogP) is -0.683. The number of hydrogen-bond donors (Lipinski definition) is 3. The Bertz CT molecular complexity index is 395. The van der Waals surface area contributed by atoms with E-state index in [1.807, 2.05) is 11.1 Å². The van der Waals surface area contributed by atoms with E-state index in [2.05, 4.69) is 20.6 Å². The summed E-state index contributed by atoms with van der Waals surface area (Å²) in [6.07, 6.45) is 4.93. The number of imidazole rings is 1. The quantitative estimate of drug-likeness (QED) is 0.491. The number of H-pyrrole nitrogens is 1. The molecule has 3 N–H and O–H groups in total. The van der Waals surface area contributed by atoms with E-state index in [0.29, 0.717) is 11.5 Å². The highest BCUT2D eigenvalue weighted by molar-refractivity contribution is 5.99. The standard InChI is InChI=1S/C7H7N5O/c13-6-4-5(10-3-9-4)12-2-1-8-7(12)11-6/h1-3,7-8H,(H,9,10)(H,11,13). The molecule has 13 heavy (non-hydrogen) atoms. The molecule has 0 bridgehead atoms. The van der Waals surface area contributed by atoms with Gasteiger partial charge in [-0.15, -0.1) is 0 Å². The number of aromatic nitrogens is 2. The van der Waals surface area contributed by atoms with Gasteiger partial charge in [-0.3, -0.25) is 9.69 Å². The van der Waals surface area contributed by atoms with Gasteiger partial charge in [0, 0.05) is 12.4 Å². The monoisotopic (exact) mass is 177 g/mol. The third-order valence-electron chi connectivity index (χ3n) is 2.13. The van der Waals surface area contributed by atoms with Crippen LogP contribution in [0.1, 0.15) is 10.5 Å². The average molecular weight is 177 g/mol. The highest BCUT2D eigenvalue weighted by Crippen LogP contribution is 2.23. The molecular weight excluding hydrogens is 170 g/mol. The van der Waals surface area contributed by atoms with Crippen molar-refractivity contribution in [3.8, 4) is 0 Å². The van der Waals surface area contributed by atoms with E-state index in [-0.39, 0.29) is 12.2 Å². The molecule has 0 aliphatic carbocycles. The first-order chi connectivity index (χ1) is 6.36. The van der Waals surface area contributed by atoms with Gasteiger partial charge in [0.25, 0.3) is 5.91 Å². The van der Waals surface area contributed by atoms with Gasteiger partial charge < -0.3 is 15.6 Å². The molecule has 0 fully saturated rings. The molecule has 2 aliphatic rings. The SMILES string of the molecule is O=C1NC2NC=CN2c2nc[nH]c21. The molecule has 66 valence electrons. The van der Waals surface area contributed by atoms with Crippen LogP contribution in [0, 0.1) is 0 Å². The summed E-state index contributed by atoms with van der Waals surface area (Å²) in [7, 11) is 0. The van der Waals surface area contributed by atoms with Crippen LogP contribution in [-0.2, 0) is 0 Å². The fourth-order valence-electron chi connectivity index (χ4n) is 1.53. The molecule has 0 radical (unpaired) electrons. The average Bonchev–Trinajstić information content (AvgIpc) is 2.66. The van der Waals surface area contributed by atoms with Gasteiger partial charge in [-0.05, 0) is 0 Å². The van der Waals surface area contributed by atoms with Crippen LogP contribution >= 0.6 is 0 Å². The fourth-order valence-corrected chi connectivity index (χ4v) is 1.53. The number of carbonyl (C=O) groups excluding carboxylic acids is 1. The zero-order chi connectivity index (χ0) is 8.84. The van der Waals surface area contributed by atoms with Crippen molar-refractivity contribution in [2.24, 2.45) is 0 Å². The van der Waals surface area contributed by atoms with Crippen LogP contribution in [0.2, 0.25) is 0 Å². The van der Waals surface area contributed by atoms with Crippen LogP contribution in [0.4, 0.5) is 5.82 Å². The van der Waals surface area contributed by atoms with Gasteiger partial charge in [0.05, 0.1) is 6.33 Å². The summed E-state index contributed by atoms with van der Waals surface area (Å²) in [4.78, 5) is 20.1. The Morgan fingerprint density at radius 3 is 3.38 bits per heavy atom. The van der Waals surface area contributed by atoms with Crippen molar-refractivity contribution < 1.29 is 4.79 Å². The minimum absolute atomic E-state index is 0.134. The van der Waals surface area contributed by atoms with Gasteiger partial charge in [0.1, 0.15) is 5.69 Å². The van der Waals surface area contributed by atoms with Crippen LogP contribution in [0.3, 0.4) is 0 Å². The van der Waals surface area contributed by atoms with Crippen LogP contribution in [0.5, 0.6) is 0 Å². The van der Waals surface area contributed by atoms with Crippen molar-refractivity contribution in [1.29, 1.82) is 0 Å². The van der Waals surface area contributed by atoms with Gasteiger partial charge in [0.2, 0.25) is 0 Å². The third-order valence-corrected chi connectivity index (χ3v) is 2.13. The van der Waals surface area contributed by atoms with Gasteiger partial charge in [-0.2, -0.15) is 0 Å². The second-order valence-corrected chi connectivity index (χ2v) is 2.87. The first-order valence-corrected chi connectivity index (χ1v) is 3.91. The van der Waals surface area contributed by atoms with Gasteiger partial charge in [-0.25, -0.2) is 4.98 Å². The predicted molar refractivity (Wildman–Crippen MR) is 44.6 cm³/mol. The fraction of sp³-hybridized carbons (Fsp3) is 0.143. The molecule has 1 atom stereocenters. The van der Waals surface area contributed by atoms with Crippen molar-refractivity contribution in [1.82, 2.24) is 20.6 Å². The van der Waals surface area contributed by atoms with Gasteiger partial charge in [-0.1, -0.05) is 0 Å². The van der Waals surface area contributed by atoms with E-state index in [9.17, 15) is 4.79 Å². The molecule has 6 nitrogen and oxygen atoms in total. The zero-order valence-electron chi connectivity index (χ0n) is 6.61. The first-order valence-electron chi connectivity index (χ1n) is 3.91. The number of rotatable bonds is 0. The van der Waals surface area contributed by atoms with Crippen molar-refractivity contribution in [2.45, 2.75) is 6.29 Å². The van der Waals surface area contributed by atoms with E-state index in [1.165, 1.54) is 6.33 Å². The number of nitrogens with zero attached hydrogens (tertiary/aromatic N) is 2. The minimum atomic E-state index is -0.191. The lowest BCUT2D eigenvalue weighted by molar-refractivity contribution is 0.0922.